The number of aryl methyl sites for hydroxylation is 1. The Morgan fingerprint density at radius 1 is 1.74 bits per heavy atom. The number of carbonyl (C=O) groups is 1. The van der Waals surface area contributed by atoms with E-state index in [-0.39, 0.29) is 17.5 Å². The molecule has 0 radical (unpaired) electrons. The third-order valence-electron chi connectivity index (χ3n) is 2.05. The Hall–Kier alpha value is -2.10. The van der Waals surface area contributed by atoms with Crippen molar-refractivity contribution < 1.29 is 9.83 Å². The Kier molecular flexibility index (Phi) is 5.79. The topological polar surface area (TPSA) is 139 Å². The first kappa shape index (κ1) is 15.0. The first-order chi connectivity index (χ1) is 9.00. The summed E-state index contributed by atoms with van der Waals surface area (Å²) in [6.07, 6.45) is 1.47. The van der Waals surface area contributed by atoms with Gasteiger partial charge in [0.2, 0.25) is 0 Å². The molecule has 1 aromatic heterocycles. The monoisotopic (exact) mass is 286 g/mol. The molecule has 0 aromatic carbocycles. The number of guanidine groups is 1. The van der Waals surface area contributed by atoms with E-state index in [1.54, 1.807) is 12.3 Å². The zero-order valence-electron chi connectivity index (χ0n) is 10.3. The number of nitrogens with two attached hydrogens (primary N) is 1. The molecule has 0 bridgehead atoms. The number of aliphatic imine (C=N–C) groups is 1. The maximum Gasteiger partial charge on any atom is 0.251 e. The Labute approximate surface area is 113 Å². The highest BCUT2D eigenvalue weighted by Gasteiger charge is 2.11. The highest BCUT2D eigenvalue weighted by molar-refractivity contribution is 8.00. The van der Waals surface area contributed by atoms with Crippen LogP contribution in [0.4, 0.5) is 0 Å². The number of nitro groups is 1. The van der Waals surface area contributed by atoms with Crippen molar-refractivity contribution in [3.63, 3.8) is 0 Å². The molecule has 0 spiro atoms. The minimum absolute atomic E-state index is 0.0656. The van der Waals surface area contributed by atoms with Crippen LogP contribution in [0.5, 0.6) is 0 Å². The number of hydrogen-bond acceptors (Lipinski definition) is 6. The molecule has 1 aromatic rings. The Bertz CT molecular complexity index is 486. The second kappa shape index (κ2) is 7.36. The van der Waals surface area contributed by atoms with Crippen molar-refractivity contribution in [3.05, 3.63) is 27.8 Å². The van der Waals surface area contributed by atoms with E-state index in [1.807, 2.05) is 0 Å². The number of H-pyrrole nitrogens is 1. The molecule has 0 unspecified atom stereocenters. The van der Waals surface area contributed by atoms with E-state index < -0.39 is 5.03 Å². The average molecular weight is 286 g/mol. The van der Waals surface area contributed by atoms with Crippen LogP contribution in [0.1, 0.15) is 16.2 Å². The van der Waals surface area contributed by atoms with Gasteiger partial charge in [-0.15, -0.1) is 0 Å². The largest absolute Gasteiger partial charge is 0.365 e. The van der Waals surface area contributed by atoms with Gasteiger partial charge in [0.25, 0.3) is 5.96 Å². The number of aromatic amines is 1. The van der Waals surface area contributed by atoms with Crippen LogP contribution in [-0.2, 0) is 0 Å². The first-order valence-electron chi connectivity index (χ1n) is 5.32. The molecule has 0 aliphatic carbocycles. The highest BCUT2D eigenvalue weighted by atomic mass is 32.2. The predicted octanol–water partition coefficient (Wildman–Crippen LogP) is -0.270. The quantitative estimate of drug-likeness (QED) is 0.156. The summed E-state index contributed by atoms with van der Waals surface area (Å²) in [4.78, 5) is 32.2. The Morgan fingerprint density at radius 2 is 2.47 bits per heavy atom. The summed E-state index contributed by atoms with van der Waals surface area (Å²) in [5.41, 5.74) is 8.13. The number of ketones is 1. The summed E-state index contributed by atoms with van der Waals surface area (Å²) in [7, 11) is 0. The van der Waals surface area contributed by atoms with Gasteiger partial charge < -0.3 is 10.7 Å². The average Bonchev–Trinajstić information content (AvgIpc) is 2.73. The number of rotatable bonds is 7. The van der Waals surface area contributed by atoms with Gasteiger partial charge in [-0.2, -0.15) is 11.8 Å². The lowest BCUT2D eigenvalue weighted by Crippen LogP contribution is -2.36. The summed E-state index contributed by atoms with van der Waals surface area (Å²) in [6.45, 7) is 2.07. The van der Waals surface area contributed by atoms with Gasteiger partial charge in [-0.3, -0.25) is 4.79 Å². The molecule has 19 heavy (non-hydrogen) atoms. The molecule has 4 N–H and O–H groups in total. The van der Waals surface area contributed by atoms with E-state index in [0.29, 0.717) is 18.0 Å². The molecule has 9 nitrogen and oxygen atoms in total. The molecule has 1 rings (SSSR count). The number of aromatic nitrogens is 2. The molecule has 0 saturated heterocycles. The van der Waals surface area contributed by atoms with Gasteiger partial charge in [0.1, 0.15) is 5.69 Å². The molecule has 0 saturated carbocycles. The predicted molar refractivity (Wildman–Crippen MR) is 71.6 cm³/mol. The Balaban J connectivity index is 2.23. The van der Waals surface area contributed by atoms with Crippen molar-refractivity contribution in [2.45, 2.75) is 6.92 Å². The van der Waals surface area contributed by atoms with E-state index in [2.05, 4.69) is 15.0 Å². The van der Waals surface area contributed by atoms with Gasteiger partial charge in [0, 0.05) is 11.4 Å². The minimum Gasteiger partial charge on any atom is -0.365 e. The van der Waals surface area contributed by atoms with Crippen LogP contribution in [0.25, 0.3) is 0 Å². The third-order valence-corrected chi connectivity index (χ3v) is 2.99. The molecule has 0 fully saturated rings. The molecule has 10 heteroatoms. The van der Waals surface area contributed by atoms with Crippen molar-refractivity contribution in [2.24, 2.45) is 10.7 Å². The fourth-order valence-electron chi connectivity index (χ4n) is 1.23. The first-order valence-corrected chi connectivity index (χ1v) is 6.48. The Morgan fingerprint density at radius 3 is 3.05 bits per heavy atom. The van der Waals surface area contributed by atoms with Crippen molar-refractivity contribution in [3.8, 4) is 0 Å². The molecule has 0 aliphatic heterocycles. The number of carbonyl (C=O) groups excluding carboxylic acids is 1. The zero-order valence-corrected chi connectivity index (χ0v) is 11.1. The fraction of sp³-hybridized carbons (Fsp3) is 0.444. The van der Waals surface area contributed by atoms with Gasteiger partial charge in [-0.1, -0.05) is 5.43 Å². The third kappa shape index (κ3) is 5.38. The zero-order chi connectivity index (χ0) is 14.3. The SMILES string of the molecule is Cc1[nH]cnc1C(=O)CSCCN=C(N)N[N+](=O)[O-]. The van der Waals surface area contributed by atoms with Crippen LogP contribution in [-0.4, -0.2) is 44.8 Å². The van der Waals surface area contributed by atoms with E-state index in [1.165, 1.54) is 18.1 Å². The molecule has 0 atom stereocenters. The van der Waals surface area contributed by atoms with Crippen LogP contribution in [0.2, 0.25) is 0 Å². The van der Waals surface area contributed by atoms with Gasteiger partial charge in [-0.25, -0.2) is 20.1 Å². The lowest BCUT2D eigenvalue weighted by molar-refractivity contribution is -0.525. The van der Waals surface area contributed by atoms with Crippen molar-refractivity contribution >= 4 is 23.5 Å². The van der Waals surface area contributed by atoms with Crippen molar-refractivity contribution in [2.75, 3.05) is 18.1 Å². The summed E-state index contributed by atoms with van der Waals surface area (Å²) < 4.78 is 0. The molecular formula is C9H14N6O3S. The number of nitrogens with one attached hydrogen (secondary N) is 2. The highest BCUT2D eigenvalue weighted by Crippen LogP contribution is 2.07. The van der Waals surface area contributed by atoms with Crippen molar-refractivity contribution in [1.82, 2.24) is 15.4 Å². The minimum atomic E-state index is -0.782. The molecule has 0 aliphatic rings. The van der Waals surface area contributed by atoms with E-state index in [9.17, 15) is 14.9 Å². The summed E-state index contributed by atoms with van der Waals surface area (Å²) in [6, 6.07) is 0. The van der Waals surface area contributed by atoms with Crippen molar-refractivity contribution in [1.29, 1.82) is 0 Å². The molecule has 1 heterocycles. The number of Topliss-reactive ketones (excluding diaryl/α,β-unsaturated/α-hetero) is 1. The van der Waals surface area contributed by atoms with Gasteiger partial charge in [0.15, 0.2) is 10.8 Å². The van der Waals surface area contributed by atoms with Crippen LogP contribution in [0, 0.1) is 17.0 Å². The lowest BCUT2D eigenvalue weighted by atomic mass is 10.3. The summed E-state index contributed by atoms with van der Waals surface area (Å²) in [5.74, 6) is 0.503. The van der Waals surface area contributed by atoms with E-state index in [0.717, 1.165) is 5.69 Å². The van der Waals surface area contributed by atoms with E-state index >= 15 is 0 Å². The van der Waals surface area contributed by atoms with E-state index in [4.69, 9.17) is 5.73 Å². The number of hydrazine groups is 1. The van der Waals surface area contributed by atoms with Gasteiger partial charge in [-0.05, 0) is 6.92 Å². The molecule has 0 amide bonds. The van der Waals surface area contributed by atoms with Crippen LogP contribution in [0.15, 0.2) is 11.3 Å². The standard InChI is InChI=1S/C9H14N6O3S/c1-6-8(13-5-12-6)7(16)4-19-3-2-11-9(10)14-15(17)18/h5H,2-4H2,1H3,(H,12,13)(H3,10,11,14). The number of imidazole rings is 1. The summed E-state index contributed by atoms with van der Waals surface area (Å²) in [5, 5.41) is 9.24. The number of nitrogens with zero attached hydrogens (tertiary/aromatic N) is 3. The van der Waals surface area contributed by atoms with Gasteiger partial charge in [0.05, 0.1) is 18.6 Å². The number of thioether (sulfide) groups is 1. The second-order valence-electron chi connectivity index (χ2n) is 3.49. The maximum absolute atomic E-state index is 11.7. The van der Waals surface area contributed by atoms with Crippen LogP contribution in [0.3, 0.4) is 0 Å². The van der Waals surface area contributed by atoms with Crippen LogP contribution >= 0.6 is 11.8 Å². The maximum atomic E-state index is 11.7. The van der Waals surface area contributed by atoms with Gasteiger partial charge >= 0.3 is 0 Å². The molecule has 104 valence electrons. The van der Waals surface area contributed by atoms with Crippen LogP contribution < -0.4 is 11.2 Å². The summed E-state index contributed by atoms with van der Waals surface area (Å²) >= 11 is 1.37. The smallest absolute Gasteiger partial charge is 0.251 e. The second-order valence-corrected chi connectivity index (χ2v) is 4.59. The molecular weight excluding hydrogens is 272 g/mol. The lowest BCUT2D eigenvalue weighted by Gasteiger charge is -1.99. The fourth-order valence-corrected chi connectivity index (χ4v) is 1.92. The normalized spacial score (nSPS) is 11.3. The number of hydrogen-bond donors (Lipinski definition) is 3.